The van der Waals surface area contributed by atoms with Crippen molar-refractivity contribution in [1.82, 2.24) is 14.9 Å². The molecule has 3 aromatic rings. The molecule has 172 valence electrons. The predicted molar refractivity (Wildman–Crippen MR) is 124 cm³/mol. The Morgan fingerprint density at radius 3 is 2.61 bits per heavy atom. The Hall–Kier alpha value is -3.88. The topological polar surface area (TPSA) is 79.8 Å². The summed E-state index contributed by atoms with van der Waals surface area (Å²) in [6.45, 7) is 4.71. The SMILES string of the molecule is CCOc1ccccc1NC(=O)N1CCN(c2cc(-c3cc(F)ccc3OC)ncn2)CC1. The number of benzene rings is 2. The molecule has 4 rings (SSSR count). The van der Waals surface area contributed by atoms with E-state index in [1.54, 1.807) is 11.0 Å². The molecule has 1 aliphatic heterocycles. The second-order valence-corrected chi connectivity index (χ2v) is 7.44. The molecule has 0 saturated carbocycles. The van der Waals surface area contributed by atoms with Crippen molar-refractivity contribution >= 4 is 17.5 Å². The zero-order valence-electron chi connectivity index (χ0n) is 18.6. The van der Waals surface area contributed by atoms with Gasteiger partial charge in [-0.1, -0.05) is 12.1 Å². The minimum Gasteiger partial charge on any atom is -0.496 e. The average molecular weight is 452 g/mol. The van der Waals surface area contributed by atoms with Crippen LogP contribution in [0.3, 0.4) is 0 Å². The van der Waals surface area contributed by atoms with E-state index in [0.29, 0.717) is 67.0 Å². The Bertz CT molecular complexity index is 1120. The van der Waals surface area contributed by atoms with Crippen molar-refractivity contribution in [1.29, 1.82) is 0 Å². The number of carbonyl (C=O) groups excluding carboxylic acids is 1. The summed E-state index contributed by atoms with van der Waals surface area (Å²) in [7, 11) is 1.54. The molecule has 0 bridgehead atoms. The quantitative estimate of drug-likeness (QED) is 0.609. The standard InChI is InChI=1S/C24H26FN5O3/c1-3-33-22-7-5-4-6-19(22)28-24(31)30-12-10-29(11-13-30)23-15-20(26-16-27-23)18-14-17(25)8-9-21(18)32-2/h4-9,14-16H,3,10-13H2,1-2H3,(H,28,31). The van der Waals surface area contributed by atoms with Gasteiger partial charge >= 0.3 is 6.03 Å². The summed E-state index contributed by atoms with van der Waals surface area (Å²) in [5.41, 5.74) is 1.78. The molecule has 0 aliphatic carbocycles. The van der Waals surface area contributed by atoms with Crippen LogP contribution in [-0.4, -0.2) is 60.8 Å². The van der Waals surface area contributed by atoms with Gasteiger partial charge in [0.05, 0.1) is 25.1 Å². The molecule has 0 atom stereocenters. The highest BCUT2D eigenvalue weighted by Crippen LogP contribution is 2.31. The van der Waals surface area contributed by atoms with Crippen LogP contribution in [0.5, 0.6) is 11.5 Å². The maximum Gasteiger partial charge on any atom is 0.322 e. The van der Waals surface area contributed by atoms with Crippen molar-refractivity contribution in [3.63, 3.8) is 0 Å². The molecule has 2 aromatic carbocycles. The number of hydrogen-bond donors (Lipinski definition) is 1. The molecule has 33 heavy (non-hydrogen) atoms. The number of urea groups is 1. The smallest absolute Gasteiger partial charge is 0.322 e. The molecular formula is C24H26FN5O3. The minimum atomic E-state index is -0.364. The van der Waals surface area contributed by atoms with E-state index in [9.17, 15) is 9.18 Å². The van der Waals surface area contributed by atoms with Gasteiger partial charge in [-0.15, -0.1) is 0 Å². The van der Waals surface area contributed by atoms with Gasteiger partial charge in [0, 0.05) is 37.8 Å². The highest BCUT2D eigenvalue weighted by molar-refractivity contribution is 5.91. The highest BCUT2D eigenvalue weighted by atomic mass is 19.1. The summed E-state index contributed by atoms with van der Waals surface area (Å²) in [5, 5.41) is 2.94. The number of nitrogens with one attached hydrogen (secondary N) is 1. The van der Waals surface area contributed by atoms with Gasteiger partial charge in [-0.2, -0.15) is 0 Å². The highest BCUT2D eigenvalue weighted by Gasteiger charge is 2.23. The number of carbonyl (C=O) groups is 1. The summed E-state index contributed by atoms with van der Waals surface area (Å²) in [6.07, 6.45) is 1.46. The first-order valence-electron chi connectivity index (χ1n) is 10.8. The average Bonchev–Trinajstić information content (AvgIpc) is 2.85. The fourth-order valence-corrected chi connectivity index (χ4v) is 3.73. The van der Waals surface area contributed by atoms with Crippen LogP contribution in [0.1, 0.15) is 6.92 Å². The van der Waals surface area contributed by atoms with Gasteiger partial charge in [-0.25, -0.2) is 19.2 Å². The normalized spacial score (nSPS) is 13.5. The molecule has 0 spiro atoms. The van der Waals surface area contributed by atoms with E-state index in [4.69, 9.17) is 9.47 Å². The summed E-state index contributed by atoms with van der Waals surface area (Å²) >= 11 is 0. The number of anilines is 2. The van der Waals surface area contributed by atoms with E-state index in [1.165, 1.54) is 25.6 Å². The third-order valence-corrected chi connectivity index (χ3v) is 5.41. The molecule has 8 nitrogen and oxygen atoms in total. The van der Waals surface area contributed by atoms with Crippen LogP contribution >= 0.6 is 0 Å². The van der Waals surface area contributed by atoms with Crippen molar-refractivity contribution in [2.24, 2.45) is 0 Å². The molecular weight excluding hydrogens is 425 g/mol. The Labute approximate surface area is 192 Å². The van der Waals surface area contributed by atoms with E-state index in [1.807, 2.05) is 37.3 Å². The van der Waals surface area contributed by atoms with E-state index in [0.717, 1.165) is 0 Å². The zero-order chi connectivity index (χ0) is 23.2. The number of aromatic nitrogens is 2. The molecule has 2 amide bonds. The Morgan fingerprint density at radius 2 is 1.85 bits per heavy atom. The number of halogens is 1. The van der Waals surface area contributed by atoms with Gasteiger partial charge in [0.2, 0.25) is 0 Å². The second-order valence-electron chi connectivity index (χ2n) is 7.44. The first-order valence-corrected chi connectivity index (χ1v) is 10.8. The number of amides is 2. The van der Waals surface area contributed by atoms with Gasteiger partial charge in [0.25, 0.3) is 0 Å². The van der Waals surface area contributed by atoms with E-state index in [2.05, 4.69) is 20.2 Å². The lowest BCUT2D eigenvalue weighted by Crippen LogP contribution is -2.50. The Kier molecular flexibility index (Phi) is 6.87. The van der Waals surface area contributed by atoms with Gasteiger partial charge in [-0.05, 0) is 37.3 Å². The number of ether oxygens (including phenoxy) is 2. The third-order valence-electron chi connectivity index (χ3n) is 5.41. The monoisotopic (exact) mass is 451 g/mol. The summed E-state index contributed by atoms with van der Waals surface area (Å²) in [4.78, 5) is 25.3. The fraction of sp³-hybridized carbons (Fsp3) is 0.292. The molecule has 1 saturated heterocycles. The van der Waals surface area contributed by atoms with Crippen molar-refractivity contribution in [2.45, 2.75) is 6.92 Å². The van der Waals surface area contributed by atoms with Crippen LogP contribution in [0.15, 0.2) is 54.9 Å². The number of hydrogen-bond acceptors (Lipinski definition) is 6. The van der Waals surface area contributed by atoms with E-state index >= 15 is 0 Å². The van der Waals surface area contributed by atoms with E-state index < -0.39 is 0 Å². The van der Waals surface area contributed by atoms with Crippen molar-refractivity contribution in [2.75, 3.05) is 50.1 Å². The first-order chi connectivity index (χ1) is 16.1. The lowest BCUT2D eigenvalue weighted by atomic mass is 10.1. The van der Waals surface area contributed by atoms with Gasteiger partial charge in [-0.3, -0.25) is 0 Å². The fourth-order valence-electron chi connectivity index (χ4n) is 3.73. The van der Waals surface area contributed by atoms with Crippen molar-refractivity contribution in [3.05, 3.63) is 60.7 Å². The van der Waals surface area contributed by atoms with E-state index in [-0.39, 0.29) is 11.8 Å². The number of methoxy groups -OCH3 is 1. The second kappa shape index (κ2) is 10.2. The number of rotatable bonds is 6. The molecule has 2 heterocycles. The molecule has 1 fully saturated rings. The Morgan fingerprint density at radius 1 is 1.06 bits per heavy atom. The summed E-state index contributed by atoms with van der Waals surface area (Å²) < 4.78 is 24.7. The van der Waals surface area contributed by atoms with Crippen LogP contribution in [0, 0.1) is 5.82 Å². The van der Waals surface area contributed by atoms with Crippen LogP contribution < -0.4 is 19.7 Å². The van der Waals surface area contributed by atoms with Gasteiger partial charge in [0.1, 0.15) is 29.5 Å². The van der Waals surface area contributed by atoms with Crippen molar-refractivity contribution < 1.29 is 18.7 Å². The molecule has 1 aromatic heterocycles. The zero-order valence-corrected chi connectivity index (χ0v) is 18.6. The molecule has 1 N–H and O–H groups in total. The van der Waals surface area contributed by atoms with Crippen molar-refractivity contribution in [3.8, 4) is 22.8 Å². The van der Waals surface area contributed by atoms with Crippen LogP contribution in [0.25, 0.3) is 11.3 Å². The first kappa shape index (κ1) is 22.3. The molecule has 0 unspecified atom stereocenters. The predicted octanol–water partition coefficient (Wildman–Crippen LogP) is 4.04. The molecule has 9 heteroatoms. The minimum absolute atomic E-state index is 0.172. The molecule has 0 radical (unpaired) electrons. The maximum absolute atomic E-state index is 13.8. The van der Waals surface area contributed by atoms with Crippen LogP contribution in [0.4, 0.5) is 20.7 Å². The number of para-hydroxylation sites is 2. The lowest BCUT2D eigenvalue weighted by molar-refractivity contribution is 0.208. The third kappa shape index (κ3) is 5.14. The Balaban J connectivity index is 1.42. The lowest BCUT2D eigenvalue weighted by Gasteiger charge is -2.35. The van der Waals surface area contributed by atoms with Gasteiger partial charge < -0.3 is 24.6 Å². The van der Waals surface area contributed by atoms with Gasteiger partial charge in [0.15, 0.2) is 0 Å². The number of nitrogens with zero attached hydrogens (tertiary/aromatic N) is 4. The van der Waals surface area contributed by atoms with Crippen LogP contribution in [0.2, 0.25) is 0 Å². The number of piperazine rings is 1. The van der Waals surface area contributed by atoms with Crippen LogP contribution in [-0.2, 0) is 0 Å². The maximum atomic E-state index is 13.8. The largest absolute Gasteiger partial charge is 0.496 e. The summed E-state index contributed by atoms with van der Waals surface area (Å²) in [6, 6.07) is 13.3. The summed E-state index contributed by atoms with van der Waals surface area (Å²) in [5.74, 6) is 1.53. The molecule has 1 aliphatic rings.